The number of hydrogen-bond donors (Lipinski definition) is 0. The summed E-state index contributed by atoms with van der Waals surface area (Å²) < 4.78 is 11.5. The van der Waals surface area contributed by atoms with Gasteiger partial charge in [0.25, 0.3) is 0 Å². The van der Waals surface area contributed by atoms with E-state index in [0.29, 0.717) is 18.0 Å². The summed E-state index contributed by atoms with van der Waals surface area (Å²) in [6, 6.07) is 0. The molecule has 1 heterocycles. The Morgan fingerprint density at radius 3 is 2.50 bits per heavy atom. The van der Waals surface area contributed by atoms with Crippen molar-refractivity contribution in [3.63, 3.8) is 0 Å². The molecule has 0 radical (unpaired) electrons. The summed E-state index contributed by atoms with van der Waals surface area (Å²) in [5.41, 5.74) is 0. The van der Waals surface area contributed by atoms with Crippen molar-refractivity contribution in [3.8, 4) is 0 Å². The molecule has 1 aliphatic heterocycles. The Balaban J connectivity index is 2.71. The summed E-state index contributed by atoms with van der Waals surface area (Å²) in [7, 11) is -1.83. The highest BCUT2D eigenvalue weighted by Gasteiger charge is 2.42. The molecule has 1 saturated heterocycles. The van der Waals surface area contributed by atoms with Crippen LogP contribution < -0.4 is 0 Å². The van der Waals surface area contributed by atoms with Gasteiger partial charge in [-0.1, -0.05) is 36.7 Å². The summed E-state index contributed by atoms with van der Waals surface area (Å²) >= 11 is 3.71. The zero-order valence-electron chi connectivity index (χ0n) is 13.5. The van der Waals surface area contributed by atoms with Crippen LogP contribution in [0.4, 0.5) is 4.79 Å². The Morgan fingerprint density at radius 2 is 2.00 bits per heavy atom. The number of carbonyl (C=O) groups excluding carboxylic acids is 1. The van der Waals surface area contributed by atoms with Crippen molar-refractivity contribution in [1.82, 2.24) is 4.90 Å². The predicted molar refractivity (Wildman–Crippen MR) is 88.0 cm³/mol. The maximum atomic E-state index is 11.9. The Bertz CT molecular complexity index is 344. The van der Waals surface area contributed by atoms with E-state index in [1.807, 2.05) is 6.92 Å². The molecular formula is C14H28BrNO3Si. The first kappa shape index (κ1) is 18.0. The lowest BCUT2D eigenvalue weighted by atomic mass is 10.1. The maximum Gasteiger partial charge on any atom is 0.409 e. The lowest BCUT2D eigenvalue weighted by molar-refractivity contribution is 0.0599. The van der Waals surface area contributed by atoms with Gasteiger partial charge in [0, 0.05) is 11.4 Å². The number of ether oxygens (including phenoxy) is 1. The SMILES string of the molecule is CCOC(=O)N1CC[C@H](Br)[C@H](O[Si](C)(C)C(C)(C)C)C1. The first-order valence-corrected chi connectivity index (χ1v) is 11.1. The standard InChI is InChI=1S/C14H28BrNO3Si/c1-7-18-13(17)16-9-8-11(15)12(10-16)19-20(5,6)14(2,3)4/h11-12H,7-10H2,1-6H3/t11-,12+/m0/s1. The highest BCUT2D eigenvalue weighted by Crippen LogP contribution is 2.39. The molecule has 4 nitrogen and oxygen atoms in total. The molecule has 0 N–H and O–H groups in total. The lowest BCUT2D eigenvalue weighted by Crippen LogP contribution is -2.54. The molecule has 1 amide bonds. The van der Waals surface area contributed by atoms with E-state index in [0.717, 1.165) is 13.0 Å². The van der Waals surface area contributed by atoms with Gasteiger partial charge < -0.3 is 14.1 Å². The molecule has 0 spiro atoms. The largest absolute Gasteiger partial charge is 0.450 e. The Hall–Kier alpha value is -0.0731. The summed E-state index contributed by atoms with van der Waals surface area (Å²) in [6.07, 6.45) is 0.725. The van der Waals surface area contributed by atoms with Crippen molar-refractivity contribution >= 4 is 30.3 Å². The zero-order chi connectivity index (χ0) is 15.6. The average Bonchev–Trinajstić information content (AvgIpc) is 2.30. The van der Waals surface area contributed by atoms with Crippen LogP contribution in [0.2, 0.25) is 18.1 Å². The van der Waals surface area contributed by atoms with Crippen molar-refractivity contribution < 1.29 is 14.0 Å². The van der Waals surface area contributed by atoms with Crippen LogP contribution in [0.1, 0.15) is 34.1 Å². The summed E-state index contributed by atoms with van der Waals surface area (Å²) in [4.78, 5) is 13.9. The van der Waals surface area contributed by atoms with Gasteiger partial charge in [0.2, 0.25) is 0 Å². The number of rotatable bonds is 3. The van der Waals surface area contributed by atoms with Crippen molar-refractivity contribution in [3.05, 3.63) is 0 Å². The molecule has 0 unspecified atom stereocenters. The average molecular weight is 366 g/mol. The molecule has 20 heavy (non-hydrogen) atoms. The van der Waals surface area contributed by atoms with Crippen LogP contribution in [0.3, 0.4) is 0 Å². The number of nitrogens with zero attached hydrogens (tertiary/aromatic N) is 1. The van der Waals surface area contributed by atoms with Crippen LogP contribution in [0.15, 0.2) is 0 Å². The van der Waals surface area contributed by atoms with Crippen molar-refractivity contribution in [2.75, 3.05) is 19.7 Å². The van der Waals surface area contributed by atoms with Gasteiger partial charge in [-0.3, -0.25) is 0 Å². The van der Waals surface area contributed by atoms with Crippen molar-refractivity contribution in [2.45, 2.75) is 63.2 Å². The van der Waals surface area contributed by atoms with E-state index in [2.05, 4.69) is 49.8 Å². The molecule has 1 rings (SSSR count). The number of amides is 1. The Kier molecular flexibility index (Phi) is 6.10. The van der Waals surface area contributed by atoms with E-state index >= 15 is 0 Å². The van der Waals surface area contributed by atoms with Crippen molar-refractivity contribution in [1.29, 1.82) is 0 Å². The molecule has 0 aromatic carbocycles. The van der Waals surface area contributed by atoms with E-state index in [1.54, 1.807) is 4.90 Å². The third kappa shape index (κ3) is 4.46. The van der Waals surface area contributed by atoms with Gasteiger partial charge in [0.15, 0.2) is 8.32 Å². The zero-order valence-corrected chi connectivity index (χ0v) is 16.1. The predicted octanol–water partition coefficient (Wildman–Crippen LogP) is 4.00. The minimum Gasteiger partial charge on any atom is -0.450 e. The van der Waals surface area contributed by atoms with E-state index in [1.165, 1.54) is 0 Å². The fourth-order valence-electron chi connectivity index (χ4n) is 1.93. The van der Waals surface area contributed by atoms with Crippen LogP contribution >= 0.6 is 15.9 Å². The number of likely N-dealkylation sites (tertiary alicyclic amines) is 1. The first-order valence-electron chi connectivity index (χ1n) is 7.32. The van der Waals surface area contributed by atoms with Crippen LogP contribution in [-0.2, 0) is 9.16 Å². The Morgan fingerprint density at radius 1 is 1.40 bits per heavy atom. The van der Waals surface area contributed by atoms with Gasteiger partial charge >= 0.3 is 6.09 Å². The fraction of sp³-hybridized carbons (Fsp3) is 0.929. The number of piperidine rings is 1. The number of halogens is 1. The van der Waals surface area contributed by atoms with Crippen LogP contribution in [0.5, 0.6) is 0 Å². The smallest absolute Gasteiger partial charge is 0.409 e. The normalized spacial score (nSPS) is 24.6. The van der Waals surface area contributed by atoms with Gasteiger partial charge in [-0.05, 0) is 31.5 Å². The van der Waals surface area contributed by atoms with Gasteiger partial charge in [-0.25, -0.2) is 4.79 Å². The van der Waals surface area contributed by atoms with Crippen LogP contribution in [-0.4, -0.2) is 49.9 Å². The van der Waals surface area contributed by atoms with Crippen LogP contribution in [0, 0.1) is 0 Å². The fourth-order valence-corrected chi connectivity index (χ4v) is 3.96. The first-order chi connectivity index (χ1) is 9.08. The summed E-state index contributed by atoms with van der Waals surface area (Å²) in [5.74, 6) is 0. The molecule has 6 heteroatoms. The second-order valence-electron chi connectivity index (χ2n) is 6.87. The van der Waals surface area contributed by atoms with Gasteiger partial charge in [-0.2, -0.15) is 0 Å². The quantitative estimate of drug-likeness (QED) is 0.560. The minimum absolute atomic E-state index is 0.0500. The lowest BCUT2D eigenvalue weighted by Gasteiger charge is -2.43. The molecule has 1 fully saturated rings. The van der Waals surface area contributed by atoms with Gasteiger partial charge in [0.1, 0.15) is 0 Å². The topological polar surface area (TPSA) is 38.8 Å². The molecule has 0 saturated carbocycles. The highest BCUT2D eigenvalue weighted by atomic mass is 79.9. The maximum absolute atomic E-state index is 11.9. The molecular weight excluding hydrogens is 338 g/mol. The number of alkyl halides is 1. The number of carbonyl (C=O) groups is 1. The van der Waals surface area contributed by atoms with E-state index in [9.17, 15) is 4.79 Å². The van der Waals surface area contributed by atoms with E-state index in [4.69, 9.17) is 9.16 Å². The Labute approximate surface area is 132 Å². The third-order valence-corrected chi connectivity index (χ3v) is 9.81. The van der Waals surface area contributed by atoms with Gasteiger partial charge in [-0.15, -0.1) is 0 Å². The van der Waals surface area contributed by atoms with Crippen LogP contribution in [0.25, 0.3) is 0 Å². The van der Waals surface area contributed by atoms with E-state index in [-0.39, 0.29) is 17.2 Å². The molecule has 0 aromatic rings. The number of hydrogen-bond acceptors (Lipinski definition) is 3. The monoisotopic (exact) mass is 365 g/mol. The molecule has 0 bridgehead atoms. The van der Waals surface area contributed by atoms with E-state index < -0.39 is 8.32 Å². The molecule has 2 atom stereocenters. The third-order valence-electron chi connectivity index (χ3n) is 4.26. The second-order valence-corrected chi connectivity index (χ2v) is 12.8. The molecule has 0 aromatic heterocycles. The molecule has 0 aliphatic carbocycles. The molecule has 1 aliphatic rings. The highest BCUT2D eigenvalue weighted by molar-refractivity contribution is 9.09. The summed E-state index contributed by atoms with van der Waals surface area (Å²) in [6.45, 7) is 14.8. The molecule has 118 valence electrons. The van der Waals surface area contributed by atoms with Crippen molar-refractivity contribution in [2.24, 2.45) is 0 Å². The second kappa shape index (κ2) is 6.79. The van der Waals surface area contributed by atoms with Gasteiger partial charge in [0.05, 0.1) is 19.3 Å². The minimum atomic E-state index is -1.83. The summed E-state index contributed by atoms with van der Waals surface area (Å²) in [5, 5.41) is 0.173.